The van der Waals surface area contributed by atoms with Crippen LogP contribution in [0.1, 0.15) is 23.3 Å². The van der Waals surface area contributed by atoms with Gasteiger partial charge in [0.2, 0.25) is 0 Å². The van der Waals surface area contributed by atoms with Crippen molar-refractivity contribution in [2.75, 3.05) is 26.9 Å². The number of aryl methyl sites for hydroxylation is 1. The molecule has 1 N–H and O–H groups in total. The predicted octanol–water partition coefficient (Wildman–Crippen LogP) is 2.23. The van der Waals surface area contributed by atoms with Crippen LogP contribution in [0.25, 0.3) is 0 Å². The fourth-order valence-electron chi connectivity index (χ4n) is 1.57. The lowest BCUT2D eigenvalue weighted by atomic mass is 10.3. The lowest BCUT2D eigenvalue weighted by Crippen LogP contribution is -2.09. The van der Waals surface area contributed by atoms with Gasteiger partial charge in [-0.05, 0) is 41.5 Å². The number of hydrogen-bond acceptors (Lipinski definition) is 3. The van der Waals surface area contributed by atoms with E-state index in [9.17, 15) is 4.79 Å². The van der Waals surface area contributed by atoms with E-state index in [4.69, 9.17) is 14.6 Å². The van der Waals surface area contributed by atoms with Crippen molar-refractivity contribution in [1.82, 2.24) is 4.57 Å². The predicted molar refractivity (Wildman–Crippen MR) is 76.0 cm³/mol. The lowest BCUT2D eigenvalue weighted by Gasteiger charge is -2.06. The zero-order valence-electron chi connectivity index (χ0n) is 10.4. The van der Waals surface area contributed by atoms with Gasteiger partial charge in [-0.1, -0.05) is 0 Å². The van der Waals surface area contributed by atoms with Gasteiger partial charge in [-0.3, -0.25) is 0 Å². The van der Waals surface area contributed by atoms with E-state index in [1.807, 2.05) is 6.20 Å². The van der Waals surface area contributed by atoms with Crippen LogP contribution in [0.4, 0.5) is 0 Å². The van der Waals surface area contributed by atoms with Gasteiger partial charge in [-0.2, -0.15) is 0 Å². The van der Waals surface area contributed by atoms with Crippen molar-refractivity contribution >= 4 is 28.6 Å². The monoisotopic (exact) mass is 367 g/mol. The summed E-state index contributed by atoms with van der Waals surface area (Å²) in [6, 6.07) is 1.68. The summed E-state index contributed by atoms with van der Waals surface area (Å²) >= 11 is 2.12. The largest absolute Gasteiger partial charge is 0.477 e. The standard InChI is InChI=1S/C12H18INO4/c1-17-6-7-18-5-3-2-4-14-9-10(13)8-11(14)12(15)16/h8-9H,2-7H2,1H3,(H,15,16). The number of halogens is 1. The summed E-state index contributed by atoms with van der Waals surface area (Å²) < 4.78 is 12.9. The Balaban J connectivity index is 2.25. The van der Waals surface area contributed by atoms with E-state index >= 15 is 0 Å². The zero-order valence-corrected chi connectivity index (χ0v) is 12.6. The van der Waals surface area contributed by atoms with Crippen LogP contribution in [0.15, 0.2) is 12.3 Å². The fraction of sp³-hybridized carbons (Fsp3) is 0.583. The summed E-state index contributed by atoms with van der Waals surface area (Å²) in [6.07, 6.45) is 3.67. The second-order valence-electron chi connectivity index (χ2n) is 3.85. The third-order valence-corrected chi connectivity index (χ3v) is 3.04. The minimum Gasteiger partial charge on any atom is -0.477 e. The van der Waals surface area contributed by atoms with Crippen molar-refractivity contribution in [3.05, 3.63) is 21.5 Å². The number of aromatic carboxylic acids is 1. The van der Waals surface area contributed by atoms with E-state index in [1.54, 1.807) is 17.7 Å². The minimum absolute atomic E-state index is 0.347. The number of carbonyl (C=O) groups is 1. The van der Waals surface area contributed by atoms with Gasteiger partial charge in [0.25, 0.3) is 0 Å². The molecule has 0 radical (unpaired) electrons. The molecule has 6 heteroatoms. The molecule has 5 nitrogen and oxygen atoms in total. The van der Waals surface area contributed by atoms with Crippen LogP contribution in [0.2, 0.25) is 0 Å². The molecule has 1 rings (SSSR count). The Morgan fingerprint density at radius 3 is 2.83 bits per heavy atom. The molecular formula is C12H18INO4. The molecule has 102 valence electrons. The lowest BCUT2D eigenvalue weighted by molar-refractivity contribution is 0.0672. The van der Waals surface area contributed by atoms with E-state index in [0.29, 0.717) is 32.1 Å². The van der Waals surface area contributed by atoms with Crippen molar-refractivity contribution in [2.24, 2.45) is 0 Å². The molecule has 0 unspecified atom stereocenters. The number of aromatic nitrogens is 1. The summed E-state index contributed by atoms with van der Waals surface area (Å²) in [7, 11) is 1.64. The summed E-state index contributed by atoms with van der Waals surface area (Å²) in [5.41, 5.74) is 0.347. The highest BCUT2D eigenvalue weighted by Gasteiger charge is 2.10. The van der Waals surface area contributed by atoms with Crippen LogP contribution in [-0.4, -0.2) is 42.6 Å². The maximum Gasteiger partial charge on any atom is 0.352 e. The molecular weight excluding hydrogens is 349 g/mol. The number of carboxylic acids is 1. The van der Waals surface area contributed by atoms with Crippen LogP contribution < -0.4 is 0 Å². The Morgan fingerprint density at radius 2 is 2.17 bits per heavy atom. The molecule has 0 fully saturated rings. The first-order chi connectivity index (χ1) is 8.65. The van der Waals surface area contributed by atoms with Gasteiger partial charge < -0.3 is 19.1 Å². The number of carboxylic acid groups (broad SMARTS) is 1. The third-order valence-electron chi connectivity index (χ3n) is 2.45. The Labute approximate surface area is 120 Å². The molecule has 0 amide bonds. The average Bonchev–Trinajstić information content (AvgIpc) is 2.69. The topological polar surface area (TPSA) is 60.7 Å². The highest BCUT2D eigenvalue weighted by molar-refractivity contribution is 14.1. The van der Waals surface area contributed by atoms with Crippen molar-refractivity contribution < 1.29 is 19.4 Å². The second kappa shape index (κ2) is 8.49. The first-order valence-electron chi connectivity index (χ1n) is 5.81. The summed E-state index contributed by atoms with van der Waals surface area (Å²) in [4.78, 5) is 11.0. The number of methoxy groups -OCH3 is 1. The summed E-state index contributed by atoms with van der Waals surface area (Å²) in [6.45, 7) is 2.61. The molecule has 0 atom stereocenters. The van der Waals surface area contributed by atoms with Gasteiger partial charge in [0, 0.05) is 30.0 Å². The third kappa shape index (κ3) is 5.36. The number of nitrogens with zero attached hydrogens (tertiary/aromatic N) is 1. The van der Waals surface area contributed by atoms with Gasteiger partial charge >= 0.3 is 5.97 Å². The Kier molecular flexibility index (Phi) is 7.29. The maximum absolute atomic E-state index is 11.0. The quantitative estimate of drug-likeness (QED) is 0.537. The zero-order chi connectivity index (χ0) is 13.4. The molecule has 0 saturated carbocycles. The van der Waals surface area contributed by atoms with E-state index in [2.05, 4.69) is 22.6 Å². The number of rotatable bonds is 9. The summed E-state index contributed by atoms with van der Waals surface area (Å²) in [5, 5.41) is 9.02. The van der Waals surface area contributed by atoms with Crippen molar-refractivity contribution in [3.8, 4) is 0 Å². The highest BCUT2D eigenvalue weighted by atomic mass is 127. The SMILES string of the molecule is COCCOCCCCn1cc(I)cc1C(=O)O. The van der Waals surface area contributed by atoms with Crippen LogP contribution >= 0.6 is 22.6 Å². The molecule has 1 aromatic rings. The molecule has 0 aliphatic heterocycles. The van der Waals surface area contributed by atoms with Gasteiger partial charge in [0.1, 0.15) is 5.69 Å². The van der Waals surface area contributed by atoms with Gasteiger partial charge in [-0.25, -0.2) is 4.79 Å². The first kappa shape index (κ1) is 15.5. The second-order valence-corrected chi connectivity index (χ2v) is 5.10. The molecule has 0 spiro atoms. The van der Waals surface area contributed by atoms with Crippen molar-refractivity contribution in [2.45, 2.75) is 19.4 Å². The normalized spacial score (nSPS) is 10.8. The number of unbranched alkanes of at least 4 members (excludes halogenated alkanes) is 1. The van der Waals surface area contributed by atoms with Gasteiger partial charge in [0.15, 0.2) is 0 Å². The fourth-order valence-corrected chi connectivity index (χ4v) is 2.20. The Morgan fingerprint density at radius 1 is 1.39 bits per heavy atom. The van der Waals surface area contributed by atoms with Crippen LogP contribution in [-0.2, 0) is 16.0 Å². The maximum atomic E-state index is 11.0. The Bertz CT molecular complexity index is 378. The molecule has 1 heterocycles. The molecule has 0 saturated heterocycles. The summed E-state index contributed by atoms with van der Waals surface area (Å²) in [5.74, 6) is -0.880. The van der Waals surface area contributed by atoms with Gasteiger partial charge in [-0.15, -0.1) is 0 Å². The van der Waals surface area contributed by atoms with Gasteiger partial charge in [0.05, 0.1) is 13.2 Å². The molecule has 1 aromatic heterocycles. The van der Waals surface area contributed by atoms with E-state index in [0.717, 1.165) is 16.4 Å². The molecule has 0 aliphatic rings. The molecule has 0 aromatic carbocycles. The van der Waals surface area contributed by atoms with Crippen LogP contribution in [0.3, 0.4) is 0 Å². The number of ether oxygens (including phenoxy) is 2. The first-order valence-corrected chi connectivity index (χ1v) is 6.88. The number of hydrogen-bond donors (Lipinski definition) is 1. The molecule has 18 heavy (non-hydrogen) atoms. The van der Waals surface area contributed by atoms with E-state index in [-0.39, 0.29) is 0 Å². The highest BCUT2D eigenvalue weighted by Crippen LogP contribution is 2.12. The van der Waals surface area contributed by atoms with Crippen LogP contribution in [0, 0.1) is 3.57 Å². The smallest absolute Gasteiger partial charge is 0.352 e. The average molecular weight is 367 g/mol. The molecule has 0 aliphatic carbocycles. The van der Waals surface area contributed by atoms with Crippen LogP contribution in [0.5, 0.6) is 0 Å². The molecule has 0 bridgehead atoms. The van der Waals surface area contributed by atoms with E-state index < -0.39 is 5.97 Å². The van der Waals surface area contributed by atoms with Crippen molar-refractivity contribution in [1.29, 1.82) is 0 Å². The minimum atomic E-state index is -0.880. The van der Waals surface area contributed by atoms with E-state index in [1.165, 1.54) is 0 Å². The van der Waals surface area contributed by atoms with Crippen molar-refractivity contribution in [3.63, 3.8) is 0 Å². The Hall–Kier alpha value is -0.600.